The number of benzene rings is 1. The van der Waals surface area contributed by atoms with Crippen LogP contribution in [0.15, 0.2) is 18.2 Å². The average Bonchev–Trinajstić information content (AvgIpc) is 2.52. The van der Waals surface area contributed by atoms with E-state index in [1.807, 2.05) is 24.0 Å². The van der Waals surface area contributed by atoms with Crippen LogP contribution in [-0.2, 0) is 4.79 Å². The Morgan fingerprint density at radius 1 is 1.32 bits per heavy atom. The number of nitrogens with one attached hydrogen (secondary N) is 1. The standard InChI is InChI=1S/C18H28N2O2/c1-4-19-12-16-7-9-20(10-8-16)18(21)13-22-17-6-5-14(2)11-15(17)3/h5-6,11,16,19H,4,7-10,12-13H2,1-3H3. The first-order valence-corrected chi connectivity index (χ1v) is 8.28. The Balaban J connectivity index is 1.76. The molecular formula is C18H28N2O2. The van der Waals surface area contributed by atoms with Crippen LogP contribution < -0.4 is 10.1 Å². The van der Waals surface area contributed by atoms with Gasteiger partial charge in [0.05, 0.1) is 0 Å². The van der Waals surface area contributed by atoms with Crippen molar-refractivity contribution >= 4 is 5.91 Å². The third-order valence-electron chi connectivity index (χ3n) is 4.33. The molecule has 0 unspecified atom stereocenters. The number of amides is 1. The maximum Gasteiger partial charge on any atom is 0.260 e. The van der Waals surface area contributed by atoms with Gasteiger partial charge in [0.2, 0.25) is 0 Å². The molecule has 0 spiro atoms. The Labute approximate surface area is 133 Å². The lowest BCUT2D eigenvalue weighted by Gasteiger charge is -2.32. The summed E-state index contributed by atoms with van der Waals surface area (Å²) < 4.78 is 5.69. The summed E-state index contributed by atoms with van der Waals surface area (Å²) in [7, 11) is 0. The zero-order chi connectivity index (χ0) is 15.9. The molecule has 1 fully saturated rings. The van der Waals surface area contributed by atoms with Gasteiger partial charge in [0.25, 0.3) is 5.91 Å². The number of hydrogen-bond acceptors (Lipinski definition) is 3. The molecule has 1 aromatic rings. The van der Waals surface area contributed by atoms with Crippen LogP contribution in [0, 0.1) is 19.8 Å². The molecule has 122 valence electrons. The van der Waals surface area contributed by atoms with E-state index >= 15 is 0 Å². The van der Waals surface area contributed by atoms with Gasteiger partial charge >= 0.3 is 0 Å². The van der Waals surface area contributed by atoms with E-state index in [2.05, 4.69) is 25.2 Å². The normalized spacial score (nSPS) is 15.9. The van der Waals surface area contributed by atoms with E-state index < -0.39 is 0 Å². The third-order valence-corrected chi connectivity index (χ3v) is 4.33. The van der Waals surface area contributed by atoms with Gasteiger partial charge in [-0.2, -0.15) is 0 Å². The topological polar surface area (TPSA) is 41.6 Å². The predicted octanol–water partition coefficient (Wildman–Crippen LogP) is 2.53. The van der Waals surface area contributed by atoms with Gasteiger partial charge in [-0.05, 0) is 57.3 Å². The van der Waals surface area contributed by atoms with Gasteiger partial charge in [0, 0.05) is 13.1 Å². The number of carbonyl (C=O) groups excluding carboxylic acids is 1. The van der Waals surface area contributed by atoms with Crippen LogP contribution in [0.1, 0.15) is 30.9 Å². The maximum atomic E-state index is 12.3. The summed E-state index contributed by atoms with van der Waals surface area (Å²) in [5.41, 5.74) is 2.29. The average molecular weight is 304 g/mol. The van der Waals surface area contributed by atoms with Crippen molar-refractivity contribution in [2.45, 2.75) is 33.6 Å². The summed E-state index contributed by atoms with van der Waals surface area (Å²) in [5.74, 6) is 1.60. The highest BCUT2D eigenvalue weighted by atomic mass is 16.5. The van der Waals surface area contributed by atoms with Crippen molar-refractivity contribution in [2.75, 3.05) is 32.8 Å². The summed E-state index contributed by atoms with van der Waals surface area (Å²) in [6.07, 6.45) is 2.17. The van der Waals surface area contributed by atoms with E-state index in [0.29, 0.717) is 5.92 Å². The Bertz CT molecular complexity index is 494. The second kappa shape index (κ2) is 8.18. The predicted molar refractivity (Wildman–Crippen MR) is 89.3 cm³/mol. The number of piperidine rings is 1. The molecule has 0 atom stereocenters. The summed E-state index contributed by atoms with van der Waals surface area (Å²) in [4.78, 5) is 14.2. The van der Waals surface area contributed by atoms with Crippen LogP contribution in [0.5, 0.6) is 5.75 Å². The molecule has 0 radical (unpaired) electrons. The van der Waals surface area contributed by atoms with Crippen molar-refractivity contribution in [1.29, 1.82) is 0 Å². The van der Waals surface area contributed by atoms with Crippen LogP contribution in [0.3, 0.4) is 0 Å². The Morgan fingerprint density at radius 3 is 2.68 bits per heavy atom. The van der Waals surface area contributed by atoms with Gasteiger partial charge in [0.1, 0.15) is 5.75 Å². The molecule has 4 nitrogen and oxygen atoms in total. The van der Waals surface area contributed by atoms with Crippen LogP contribution in [0.2, 0.25) is 0 Å². The molecule has 1 N–H and O–H groups in total. The van der Waals surface area contributed by atoms with E-state index in [0.717, 1.165) is 50.3 Å². The fourth-order valence-corrected chi connectivity index (χ4v) is 2.93. The van der Waals surface area contributed by atoms with Crippen molar-refractivity contribution in [3.63, 3.8) is 0 Å². The number of nitrogens with zero attached hydrogens (tertiary/aromatic N) is 1. The highest BCUT2D eigenvalue weighted by molar-refractivity contribution is 5.77. The minimum atomic E-state index is 0.0990. The zero-order valence-corrected chi connectivity index (χ0v) is 14.0. The number of likely N-dealkylation sites (tertiary alicyclic amines) is 1. The number of carbonyl (C=O) groups is 1. The third kappa shape index (κ3) is 4.73. The molecule has 1 aliphatic heterocycles. The van der Waals surface area contributed by atoms with E-state index in [-0.39, 0.29) is 12.5 Å². The van der Waals surface area contributed by atoms with E-state index in [9.17, 15) is 4.79 Å². The molecule has 1 aliphatic rings. The summed E-state index contributed by atoms with van der Waals surface area (Å²) >= 11 is 0. The van der Waals surface area contributed by atoms with Crippen molar-refractivity contribution in [1.82, 2.24) is 10.2 Å². The lowest BCUT2D eigenvalue weighted by molar-refractivity contribution is -0.134. The fourth-order valence-electron chi connectivity index (χ4n) is 2.93. The molecule has 1 saturated heterocycles. The smallest absolute Gasteiger partial charge is 0.260 e. The second-order valence-electron chi connectivity index (χ2n) is 6.19. The lowest BCUT2D eigenvalue weighted by Crippen LogP contribution is -2.42. The molecule has 1 amide bonds. The van der Waals surface area contributed by atoms with Crippen LogP contribution in [-0.4, -0.2) is 43.6 Å². The number of ether oxygens (including phenoxy) is 1. The quantitative estimate of drug-likeness (QED) is 0.878. The number of aryl methyl sites for hydroxylation is 2. The van der Waals surface area contributed by atoms with Gasteiger partial charge in [0.15, 0.2) is 6.61 Å². The van der Waals surface area contributed by atoms with Gasteiger partial charge in [-0.3, -0.25) is 4.79 Å². The largest absolute Gasteiger partial charge is 0.484 e. The van der Waals surface area contributed by atoms with E-state index in [1.165, 1.54) is 5.56 Å². The van der Waals surface area contributed by atoms with Gasteiger partial charge in [-0.1, -0.05) is 24.6 Å². The minimum absolute atomic E-state index is 0.0990. The minimum Gasteiger partial charge on any atom is -0.484 e. The Kier molecular flexibility index (Phi) is 6.25. The van der Waals surface area contributed by atoms with Gasteiger partial charge < -0.3 is 15.0 Å². The van der Waals surface area contributed by atoms with Crippen molar-refractivity contribution in [2.24, 2.45) is 5.92 Å². The zero-order valence-electron chi connectivity index (χ0n) is 14.0. The summed E-state index contributed by atoms with van der Waals surface area (Å²) in [6, 6.07) is 6.03. The monoisotopic (exact) mass is 304 g/mol. The second-order valence-corrected chi connectivity index (χ2v) is 6.19. The summed E-state index contributed by atoms with van der Waals surface area (Å²) in [6.45, 7) is 10.1. The van der Waals surface area contributed by atoms with Crippen LogP contribution in [0.25, 0.3) is 0 Å². The van der Waals surface area contributed by atoms with Crippen LogP contribution in [0.4, 0.5) is 0 Å². The number of hydrogen-bond donors (Lipinski definition) is 1. The molecule has 2 rings (SSSR count). The lowest BCUT2D eigenvalue weighted by atomic mass is 9.97. The van der Waals surface area contributed by atoms with Crippen molar-refractivity contribution < 1.29 is 9.53 Å². The highest BCUT2D eigenvalue weighted by Gasteiger charge is 2.22. The van der Waals surface area contributed by atoms with Gasteiger partial charge in [-0.25, -0.2) is 0 Å². The first-order chi connectivity index (χ1) is 10.6. The molecule has 0 aromatic heterocycles. The molecular weight excluding hydrogens is 276 g/mol. The highest BCUT2D eigenvalue weighted by Crippen LogP contribution is 2.20. The fraction of sp³-hybridized carbons (Fsp3) is 0.611. The van der Waals surface area contributed by atoms with E-state index in [4.69, 9.17) is 4.74 Å². The van der Waals surface area contributed by atoms with Crippen molar-refractivity contribution in [3.8, 4) is 5.75 Å². The Morgan fingerprint density at radius 2 is 2.05 bits per heavy atom. The first-order valence-electron chi connectivity index (χ1n) is 8.28. The molecule has 0 bridgehead atoms. The maximum absolute atomic E-state index is 12.3. The molecule has 0 aliphatic carbocycles. The van der Waals surface area contributed by atoms with E-state index in [1.54, 1.807) is 0 Å². The molecule has 1 aromatic carbocycles. The SMILES string of the molecule is CCNCC1CCN(C(=O)COc2ccc(C)cc2C)CC1. The van der Waals surface area contributed by atoms with Gasteiger partial charge in [-0.15, -0.1) is 0 Å². The van der Waals surface area contributed by atoms with Crippen LogP contribution >= 0.6 is 0 Å². The molecule has 22 heavy (non-hydrogen) atoms. The molecule has 1 heterocycles. The van der Waals surface area contributed by atoms with Crippen molar-refractivity contribution in [3.05, 3.63) is 29.3 Å². The number of rotatable bonds is 6. The first kappa shape index (κ1) is 16.8. The molecule has 0 saturated carbocycles. The Hall–Kier alpha value is -1.55. The molecule has 4 heteroatoms. The summed E-state index contributed by atoms with van der Waals surface area (Å²) in [5, 5.41) is 3.39.